The van der Waals surface area contributed by atoms with Crippen LogP contribution in [0.2, 0.25) is 5.02 Å². The Balaban J connectivity index is 1.23. The van der Waals surface area contributed by atoms with Crippen LogP contribution in [0.4, 0.5) is 4.39 Å². The predicted molar refractivity (Wildman–Crippen MR) is 124 cm³/mol. The first-order valence-corrected chi connectivity index (χ1v) is 12.7. The summed E-state index contributed by atoms with van der Waals surface area (Å²) in [5, 5.41) is 0.303. The molecule has 0 amide bonds. The first-order valence-electron chi connectivity index (χ1n) is 12.3. The molecule has 170 valence electrons. The van der Waals surface area contributed by atoms with Crippen LogP contribution < -0.4 is 4.74 Å². The first kappa shape index (κ1) is 22.8. The SMILES string of the molecule is C=CCCC1CCC2CC(C3CCC(C(=O)Oc4ccc(Cl)cc4F)CC3)CCC2C1. The van der Waals surface area contributed by atoms with E-state index in [-0.39, 0.29) is 17.6 Å². The Morgan fingerprint density at radius 3 is 2.35 bits per heavy atom. The van der Waals surface area contributed by atoms with Crippen molar-refractivity contribution >= 4 is 17.6 Å². The Bertz CT molecular complexity index is 770. The van der Waals surface area contributed by atoms with Gasteiger partial charge in [-0.05, 0) is 118 Å². The van der Waals surface area contributed by atoms with E-state index >= 15 is 0 Å². The van der Waals surface area contributed by atoms with Gasteiger partial charge in [-0.1, -0.05) is 24.1 Å². The van der Waals surface area contributed by atoms with Gasteiger partial charge < -0.3 is 4.74 Å². The summed E-state index contributed by atoms with van der Waals surface area (Å²) in [5.74, 6) is 3.37. The van der Waals surface area contributed by atoms with Crippen LogP contribution in [0.3, 0.4) is 0 Å². The van der Waals surface area contributed by atoms with Gasteiger partial charge in [-0.15, -0.1) is 6.58 Å². The van der Waals surface area contributed by atoms with Gasteiger partial charge in [0.15, 0.2) is 11.6 Å². The summed E-state index contributed by atoms with van der Waals surface area (Å²) in [6, 6.07) is 4.17. The molecule has 3 saturated carbocycles. The maximum atomic E-state index is 13.9. The van der Waals surface area contributed by atoms with Crippen LogP contribution in [0.1, 0.15) is 77.0 Å². The van der Waals surface area contributed by atoms with E-state index in [1.165, 1.54) is 63.5 Å². The summed E-state index contributed by atoms with van der Waals surface area (Å²) < 4.78 is 19.3. The molecule has 0 aliphatic heterocycles. The minimum atomic E-state index is -0.578. The van der Waals surface area contributed by atoms with Crippen LogP contribution in [-0.2, 0) is 4.79 Å². The molecule has 0 N–H and O–H groups in total. The number of carbonyl (C=O) groups excluding carboxylic acids is 1. The van der Waals surface area contributed by atoms with Crippen LogP contribution in [0.15, 0.2) is 30.9 Å². The second-order valence-electron chi connectivity index (χ2n) is 10.2. The lowest BCUT2D eigenvalue weighted by molar-refractivity contribution is -0.140. The lowest BCUT2D eigenvalue weighted by atomic mass is 9.60. The van der Waals surface area contributed by atoms with Gasteiger partial charge in [0.1, 0.15) is 0 Å². The van der Waals surface area contributed by atoms with Crippen molar-refractivity contribution in [3.05, 3.63) is 41.7 Å². The van der Waals surface area contributed by atoms with Crippen LogP contribution >= 0.6 is 11.6 Å². The quantitative estimate of drug-likeness (QED) is 0.251. The number of fused-ring (bicyclic) bond motifs is 1. The molecule has 1 aromatic rings. The Hall–Kier alpha value is -1.35. The third kappa shape index (κ3) is 5.72. The number of hydrogen-bond acceptors (Lipinski definition) is 2. The van der Waals surface area contributed by atoms with Gasteiger partial charge in [0.25, 0.3) is 0 Å². The number of ether oxygens (including phenoxy) is 1. The molecule has 2 nitrogen and oxygen atoms in total. The molecular weight excluding hydrogens is 411 g/mol. The number of hydrogen-bond donors (Lipinski definition) is 0. The number of allylic oxidation sites excluding steroid dienone is 1. The van der Waals surface area contributed by atoms with Gasteiger partial charge in [0.2, 0.25) is 0 Å². The molecule has 3 aliphatic rings. The van der Waals surface area contributed by atoms with Crippen molar-refractivity contribution in [3.63, 3.8) is 0 Å². The van der Waals surface area contributed by atoms with Crippen molar-refractivity contribution in [1.82, 2.24) is 0 Å². The molecule has 0 radical (unpaired) electrons. The van der Waals surface area contributed by atoms with Crippen LogP contribution in [-0.4, -0.2) is 5.97 Å². The second kappa shape index (κ2) is 10.5. The van der Waals surface area contributed by atoms with Gasteiger partial charge >= 0.3 is 5.97 Å². The van der Waals surface area contributed by atoms with E-state index in [2.05, 4.69) is 12.7 Å². The van der Waals surface area contributed by atoms with Gasteiger partial charge in [-0.3, -0.25) is 4.79 Å². The Morgan fingerprint density at radius 2 is 1.65 bits per heavy atom. The zero-order chi connectivity index (χ0) is 21.8. The van der Waals surface area contributed by atoms with Crippen molar-refractivity contribution in [2.75, 3.05) is 0 Å². The van der Waals surface area contributed by atoms with Crippen molar-refractivity contribution in [2.45, 2.75) is 77.0 Å². The minimum Gasteiger partial charge on any atom is -0.423 e. The second-order valence-corrected chi connectivity index (χ2v) is 10.7. The highest BCUT2D eigenvalue weighted by molar-refractivity contribution is 6.30. The maximum absolute atomic E-state index is 13.9. The van der Waals surface area contributed by atoms with Gasteiger partial charge in [0.05, 0.1) is 5.92 Å². The zero-order valence-electron chi connectivity index (χ0n) is 18.5. The Kier molecular flexibility index (Phi) is 7.74. The molecular formula is C27H36ClFO2. The van der Waals surface area contributed by atoms with E-state index in [1.54, 1.807) is 6.07 Å². The van der Waals surface area contributed by atoms with E-state index in [4.69, 9.17) is 16.3 Å². The normalized spacial score (nSPS) is 33.4. The summed E-state index contributed by atoms with van der Waals surface area (Å²) in [6.45, 7) is 3.88. The van der Waals surface area contributed by atoms with Crippen molar-refractivity contribution in [2.24, 2.45) is 35.5 Å². The van der Waals surface area contributed by atoms with Crippen molar-refractivity contribution < 1.29 is 13.9 Å². The molecule has 4 heteroatoms. The molecule has 4 unspecified atom stereocenters. The molecule has 0 bridgehead atoms. The van der Waals surface area contributed by atoms with Gasteiger partial charge in [-0.2, -0.15) is 0 Å². The lowest BCUT2D eigenvalue weighted by Crippen LogP contribution is -2.35. The molecule has 4 atom stereocenters. The third-order valence-corrected chi connectivity index (χ3v) is 8.65. The van der Waals surface area contributed by atoms with E-state index in [1.807, 2.05) is 0 Å². The van der Waals surface area contributed by atoms with E-state index < -0.39 is 5.82 Å². The predicted octanol–water partition coefficient (Wildman–Crippen LogP) is 7.99. The molecule has 3 aliphatic carbocycles. The number of halogens is 2. The lowest BCUT2D eigenvalue weighted by Gasteiger charge is -2.45. The molecule has 31 heavy (non-hydrogen) atoms. The van der Waals surface area contributed by atoms with Crippen LogP contribution in [0, 0.1) is 41.3 Å². The summed E-state index contributed by atoms with van der Waals surface area (Å²) in [7, 11) is 0. The molecule has 0 saturated heterocycles. The minimum absolute atomic E-state index is 0.0152. The maximum Gasteiger partial charge on any atom is 0.314 e. The topological polar surface area (TPSA) is 26.3 Å². The smallest absolute Gasteiger partial charge is 0.314 e. The number of benzene rings is 1. The monoisotopic (exact) mass is 446 g/mol. The number of rotatable bonds is 6. The first-order chi connectivity index (χ1) is 15.0. The van der Waals surface area contributed by atoms with E-state index in [0.717, 1.165) is 55.3 Å². The Morgan fingerprint density at radius 1 is 1.00 bits per heavy atom. The average Bonchev–Trinajstić information content (AvgIpc) is 2.79. The number of esters is 1. The summed E-state index contributed by atoms with van der Waals surface area (Å²) in [4.78, 5) is 12.6. The summed E-state index contributed by atoms with van der Waals surface area (Å²) in [5.41, 5.74) is 0. The summed E-state index contributed by atoms with van der Waals surface area (Å²) >= 11 is 5.78. The molecule has 4 rings (SSSR count). The zero-order valence-corrected chi connectivity index (χ0v) is 19.3. The average molecular weight is 447 g/mol. The molecule has 1 aromatic carbocycles. The van der Waals surface area contributed by atoms with Gasteiger partial charge in [-0.25, -0.2) is 4.39 Å². The fourth-order valence-corrected chi connectivity index (χ4v) is 6.80. The third-order valence-electron chi connectivity index (χ3n) is 8.42. The standard InChI is InChI=1S/C27H36ClFO2/c1-2-3-4-18-5-6-23-16-22(12-11-21(23)15-18)19-7-9-20(10-8-19)27(30)31-26-14-13-24(28)17-25(26)29/h2,13-14,17-23H,1,3-12,15-16H2. The molecule has 0 aromatic heterocycles. The highest BCUT2D eigenvalue weighted by Gasteiger charge is 2.39. The fourth-order valence-electron chi connectivity index (χ4n) is 6.64. The van der Waals surface area contributed by atoms with Gasteiger partial charge in [0, 0.05) is 5.02 Å². The molecule has 0 spiro atoms. The highest BCUT2D eigenvalue weighted by atomic mass is 35.5. The van der Waals surface area contributed by atoms with E-state index in [9.17, 15) is 9.18 Å². The van der Waals surface area contributed by atoms with Crippen LogP contribution in [0.5, 0.6) is 5.75 Å². The molecule has 3 fully saturated rings. The Labute approximate surface area is 191 Å². The van der Waals surface area contributed by atoms with Crippen molar-refractivity contribution in [1.29, 1.82) is 0 Å². The van der Waals surface area contributed by atoms with E-state index in [0.29, 0.717) is 5.02 Å². The highest BCUT2D eigenvalue weighted by Crippen LogP contribution is 2.49. The van der Waals surface area contributed by atoms with Crippen LogP contribution in [0.25, 0.3) is 0 Å². The molecule has 0 heterocycles. The van der Waals surface area contributed by atoms with Crippen molar-refractivity contribution in [3.8, 4) is 5.75 Å². The fraction of sp³-hybridized carbons (Fsp3) is 0.667. The number of carbonyl (C=O) groups is 1. The summed E-state index contributed by atoms with van der Waals surface area (Å²) in [6.07, 6.45) is 16.9. The largest absolute Gasteiger partial charge is 0.423 e.